The summed E-state index contributed by atoms with van der Waals surface area (Å²) < 4.78 is 5.80. The first-order chi connectivity index (χ1) is 8.84. The lowest BCUT2D eigenvalue weighted by atomic mass is 10.1. The van der Waals surface area contributed by atoms with Crippen LogP contribution in [-0.2, 0) is 4.74 Å². The second-order valence-electron chi connectivity index (χ2n) is 5.33. The zero-order valence-electron chi connectivity index (χ0n) is 10.7. The van der Waals surface area contributed by atoms with Crippen molar-refractivity contribution in [3.8, 4) is 0 Å². The second kappa shape index (κ2) is 5.39. The van der Waals surface area contributed by atoms with Gasteiger partial charge in [-0.3, -0.25) is 4.90 Å². The van der Waals surface area contributed by atoms with Crippen molar-refractivity contribution in [1.29, 1.82) is 0 Å². The third-order valence-electron chi connectivity index (χ3n) is 4.19. The third kappa shape index (κ3) is 2.44. The molecule has 1 saturated heterocycles. The number of fused-ring (bicyclic) bond motifs is 1. The number of hydrogen-bond acceptors (Lipinski definition) is 3. The van der Waals surface area contributed by atoms with Gasteiger partial charge < -0.3 is 9.84 Å². The Morgan fingerprint density at radius 1 is 1.28 bits per heavy atom. The number of morpholine rings is 1. The molecule has 18 heavy (non-hydrogen) atoms. The molecular formula is C15H21NO2. The summed E-state index contributed by atoms with van der Waals surface area (Å²) in [6, 6.07) is 10.5. The molecule has 0 bridgehead atoms. The van der Waals surface area contributed by atoms with Crippen LogP contribution in [0.3, 0.4) is 0 Å². The van der Waals surface area contributed by atoms with Gasteiger partial charge in [0, 0.05) is 19.1 Å². The van der Waals surface area contributed by atoms with E-state index in [9.17, 15) is 5.11 Å². The SMILES string of the molecule is OC(CN1CCOC2CCCC21)c1ccccc1. The summed E-state index contributed by atoms with van der Waals surface area (Å²) in [5, 5.41) is 10.3. The molecule has 3 rings (SSSR count). The van der Waals surface area contributed by atoms with E-state index in [2.05, 4.69) is 4.90 Å². The van der Waals surface area contributed by atoms with Crippen LogP contribution in [0.4, 0.5) is 0 Å². The summed E-state index contributed by atoms with van der Waals surface area (Å²) >= 11 is 0. The normalized spacial score (nSPS) is 30.1. The second-order valence-corrected chi connectivity index (χ2v) is 5.33. The fraction of sp³-hybridized carbons (Fsp3) is 0.600. The zero-order valence-corrected chi connectivity index (χ0v) is 10.7. The van der Waals surface area contributed by atoms with E-state index >= 15 is 0 Å². The molecule has 3 atom stereocenters. The molecule has 98 valence electrons. The van der Waals surface area contributed by atoms with Crippen LogP contribution in [0, 0.1) is 0 Å². The van der Waals surface area contributed by atoms with Gasteiger partial charge in [-0.2, -0.15) is 0 Å². The van der Waals surface area contributed by atoms with Crippen molar-refractivity contribution in [3.63, 3.8) is 0 Å². The lowest BCUT2D eigenvalue weighted by molar-refractivity contribution is -0.0675. The summed E-state index contributed by atoms with van der Waals surface area (Å²) in [5.41, 5.74) is 1.01. The minimum Gasteiger partial charge on any atom is -0.387 e. The van der Waals surface area contributed by atoms with E-state index in [4.69, 9.17) is 4.74 Å². The van der Waals surface area contributed by atoms with E-state index < -0.39 is 0 Å². The zero-order chi connectivity index (χ0) is 12.4. The molecule has 1 aromatic rings. The Hall–Kier alpha value is -0.900. The Morgan fingerprint density at radius 3 is 2.94 bits per heavy atom. The molecule has 2 fully saturated rings. The topological polar surface area (TPSA) is 32.7 Å². The molecule has 1 N–H and O–H groups in total. The van der Waals surface area contributed by atoms with Crippen LogP contribution in [-0.4, -0.2) is 41.8 Å². The quantitative estimate of drug-likeness (QED) is 0.886. The van der Waals surface area contributed by atoms with Crippen LogP contribution in [0.5, 0.6) is 0 Å². The molecule has 2 aliphatic rings. The highest BCUT2D eigenvalue weighted by Gasteiger charge is 2.36. The maximum absolute atomic E-state index is 10.3. The van der Waals surface area contributed by atoms with E-state index in [0.717, 1.165) is 25.3 Å². The molecule has 3 unspecified atom stereocenters. The number of rotatable bonds is 3. The van der Waals surface area contributed by atoms with Crippen LogP contribution in [0.2, 0.25) is 0 Å². The average molecular weight is 247 g/mol. The Morgan fingerprint density at radius 2 is 2.11 bits per heavy atom. The summed E-state index contributed by atoms with van der Waals surface area (Å²) in [4.78, 5) is 2.42. The maximum Gasteiger partial charge on any atom is 0.0917 e. The van der Waals surface area contributed by atoms with Crippen LogP contribution in [0.25, 0.3) is 0 Å². The van der Waals surface area contributed by atoms with E-state index in [-0.39, 0.29) is 6.10 Å². The van der Waals surface area contributed by atoms with E-state index in [1.807, 2.05) is 30.3 Å². The van der Waals surface area contributed by atoms with Gasteiger partial charge >= 0.3 is 0 Å². The van der Waals surface area contributed by atoms with Gasteiger partial charge in [-0.05, 0) is 24.8 Å². The molecule has 1 heterocycles. The van der Waals surface area contributed by atoms with Crippen molar-refractivity contribution in [2.24, 2.45) is 0 Å². The smallest absolute Gasteiger partial charge is 0.0917 e. The molecule has 1 aliphatic carbocycles. The highest BCUT2D eigenvalue weighted by molar-refractivity contribution is 5.17. The van der Waals surface area contributed by atoms with E-state index in [0.29, 0.717) is 12.1 Å². The lowest BCUT2D eigenvalue weighted by Gasteiger charge is -2.38. The van der Waals surface area contributed by atoms with Crippen LogP contribution in [0.15, 0.2) is 30.3 Å². The Balaban J connectivity index is 1.65. The van der Waals surface area contributed by atoms with Crippen molar-refractivity contribution < 1.29 is 9.84 Å². The summed E-state index contributed by atoms with van der Waals surface area (Å²) in [7, 11) is 0. The number of nitrogens with zero attached hydrogens (tertiary/aromatic N) is 1. The van der Waals surface area contributed by atoms with Gasteiger partial charge in [0.15, 0.2) is 0 Å². The molecule has 1 aromatic carbocycles. The molecule has 3 nitrogen and oxygen atoms in total. The fourth-order valence-electron chi connectivity index (χ4n) is 3.24. The van der Waals surface area contributed by atoms with Crippen molar-refractivity contribution in [3.05, 3.63) is 35.9 Å². The highest BCUT2D eigenvalue weighted by Crippen LogP contribution is 2.30. The maximum atomic E-state index is 10.3. The minimum absolute atomic E-state index is 0.384. The molecular weight excluding hydrogens is 226 g/mol. The predicted molar refractivity (Wildman–Crippen MR) is 70.4 cm³/mol. The summed E-state index contributed by atoms with van der Waals surface area (Å²) in [5.74, 6) is 0. The Bertz CT molecular complexity index is 381. The minimum atomic E-state index is -0.384. The molecule has 0 amide bonds. The van der Waals surface area contributed by atoms with Gasteiger partial charge in [-0.15, -0.1) is 0 Å². The summed E-state index contributed by atoms with van der Waals surface area (Å²) in [6.45, 7) is 2.49. The van der Waals surface area contributed by atoms with Gasteiger partial charge in [0.2, 0.25) is 0 Å². The highest BCUT2D eigenvalue weighted by atomic mass is 16.5. The first-order valence-corrected chi connectivity index (χ1v) is 6.93. The number of aliphatic hydroxyl groups excluding tert-OH is 1. The van der Waals surface area contributed by atoms with Gasteiger partial charge in [-0.25, -0.2) is 0 Å². The molecule has 0 radical (unpaired) electrons. The predicted octanol–water partition coefficient (Wildman–Crippen LogP) is 1.97. The third-order valence-corrected chi connectivity index (χ3v) is 4.19. The van der Waals surface area contributed by atoms with Gasteiger partial charge in [-0.1, -0.05) is 30.3 Å². The largest absolute Gasteiger partial charge is 0.387 e. The molecule has 1 saturated carbocycles. The number of aliphatic hydroxyl groups is 1. The fourth-order valence-corrected chi connectivity index (χ4v) is 3.24. The molecule has 3 heteroatoms. The first kappa shape index (κ1) is 12.2. The van der Waals surface area contributed by atoms with Gasteiger partial charge in [0.1, 0.15) is 0 Å². The van der Waals surface area contributed by atoms with E-state index in [1.54, 1.807) is 0 Å². The van der Waals surface area contributed by atoms with Crippen molar-refractivity contribution >= 4 is 0 Å². The monoisotopic (exact) mass is 247 g/mol. The number of hydrogen-bond donors (Lipinski definition) is 1. The molecule has 0 aromatic heterocycles. The number of β-amino-alcohol motifs (C(OH)–C–C–N with tert-alkyl or cyclic N) is 1. The summed E-state index contributed by atoms with van der Waals surface area (Å²) in [6.07, 6.45) is 3.68. The first-order valence-electron chi connectivity index (χ1n) is 6.93. The number of benzene rings is 1. The van der Waals surface area contributed by atoms with Gasteiger partial charge in [0.25, 0.3) is 0 Å². The standard InChI is InChI=1S/C15H21NO2/c17-14(12-5-2-1-3-6-12)11-16-9-10-18-15-8-4-7-13(15)16/h1-3,5-6,13-15,17H,4,7-11H2. The van der Waals surface area contributed by atoms with E-state index in [1.165, 1.54) is 19.3 Å². The van der Waals surface area contributed by atoms with Gasteiger partial charge in [0.05, 0.1) is 18.8 Å². The van der Waals surface area contributed by atoms with Crippen molar-refractivity contribution in [1.82, 2.24) is 4.90 Å². The Labute approximate surface area is 108 Å². The van der Waals surface area contributed by atoms with Crippen molar-refractivity contribution in [2.45, 2.75) is 37.5 Å². The lowest BCUT2D eigenvalue weighted by Crippen LogP contribution is -2.49. The number of ether oxygens (including phenoxy) is 1. The molecule has 0 spiro atoms. The van der Waals surface area contributed by atoms with Crippen LogP contribution >= 0.6 is 0 Å². The average Bonchev–Trinajstić information content (AvgIpc) is 2.89. The van der Waals surface area contributed by atoms with Crippen molar-refractivity contribution in [2.75, 3.05) is 19.7 Å². The van der Waals surface area contributed by atoms with Crippen LogP contribution in [0.1, 0.15) is 30.9 Å². The Kier molecular flexibility index (Phi) is 3.64. The van der Waals surface area contributed by atoms with Crippen LogP contribution < -0.4 is 0 Å². The molecule has 1 aliphatic heterocycles.